The van der Waals surface area contributed by atoms with E-state index in [0.717, 1.165) is 16.9 Å². The zero-order valence-electron chi connectivity index (χ0n) is 14.1. The van der Waals surface area contributed by atoms with E-state index >= 15 is 0 Å². The number of ether oxygens (including phenoxy) is 2. The number of hydrogen-bond donors (Lipinski definition) is 0. The second-order valence-electron chi connectivity index (χ2n) is 5.55. The van der Waals surface area contributed by atoms with Gasteiger partial charge in [-0.25, -0.2) is 4.39 Å². The van der Waals surface area contributed by atoms with Gasteiger partial charge in [0.1, 0.15) is 12.4 Å². The molecule has 0 heterocycles. The molecule has 0 spiro atoms. The van der Waals surface area contributed by atoms with Gasteiger partial charge in [0.05, 0.1) is 7.11 Å². The summed E-state index contributed by atoms with van der Waals surface area (Å²) in [6.07, 6.45) is 3.52. The van der Waals surface area contributed by atoms with Crippen LogP contribution in [-0.4, -0.2) is 13.7 Å². The van der Waals surface area contributed by atoms with E-state index in [-0.39, 0.29) is 17.7 Å². The second-order valence-corrected chi connectivity index (χ2v) is 5.55. The highest BCUT2D eigenvalue weighted by Crippen LogP contribution is 2.32. The van der Waals surface area contributed by atoms with Gasteiger partial charge in [-0.3, -0.25) is 0 Å². The molecule has 0 radical (unpaired) electrons. The number of methoxy groups -OCH3 is 1. The van der Waals surface area contributed by atoms with E-state index in [2.05, 4.69) is 0 Å². The molecule has 4 heteroatoms. The Morgan fingerprint density at radius 1 is 0.920 bits per heavy atom. The average molecular weight is 340 g/mol. The highest BCUT2D eigenvalue weighted by atomic mass is 19.2. The molecule has 3 aromatic carbocycles. The predicted molar refractivity (Wildman–Crippen MR) is 96.2 cm³/mol. The van der Waals surface area contributed by atoms with Crippen LogP contribution < -0.4 is 9.47 Å². The van der Waals surface area contributed by atoms with Crippen molar-refractivity contribution in [2.45, 2.75) is 6.92 Å². The third-order valence-electron chi connectivity index (χ3n) is 3.98. The smallest absolute Gasteiger partial charge is 0.201 e. The number of fused-ring (bicyclic) bond motifs is 1. The van der Waals surface area contributed by atoms with Crippen molar-refractivity contribution in [1.29, 1.82) is 0 Å². The summed E-state index contributed by atoms with van der Waals surface area (Å²) in [5.41, 5.74) is 1.70. The van der Waals surface area contributed by atoms with Crippen molar-refractivity contribution < 1.29 is 18.3 Å². The van der Waals surface area contributed by atoms with Crippen LogP contribution in [-0.2, 0) is 0 Å². The van der Waals surface area contributed by atoms with Gasteiger partial charge >= 0.3 is 0 Å². The molecular weight excluding hydrogens is 322 g/mol. The molecule has 0 unspecified atom stereocenters. The van der Waals surface area contributed by atoms with Crippen LogP contribution in [0.2, 0.25) is 0 Å². The highest BCUT2D eigenvalue weighted by molar-refractivity contribution is 5.89. The quantitative estimate of drug-likeness (QED) is 0.551. The molecule has 0 N–H and O–H groups in total. The number of hydrogen-bond acceptors (Lipinski definition) is 2. The van der Waals surface area contributed by atoms with Crippen molar-refractivity contribution >= 4 is 10.8 Å². The fraction of sp³-hybridized carbons (Fsp3) is 0.143. The van der Waals surface area contributed by atoms with Gasteiger partial charge in [-0.2, -0.15) is 4.39 Å². The summed E-state index contributed by atoms with van der Waals surface area (Å²) in [4.78, 5) is 0. The zero-order chi connectivity index (χ0) is 17.8. The van der Waals surface area contributed by atoms with Gasteiger partial charge in [0, 0.05) is 5.39 Å². The van der Waals surface area contributed by atoms with Crippen molar-refractivity contribution in [3.8, 4) is 22.6 Å². The Morgan fingerprint density at radius 3 is 2.32 bits per heavy atom. The van der Waals surface area contributed by atoms with Crippen molar-refractivity contribution in [3.05, 3.63) is 72.3 Å². The van der Waals surface area contributed by atoms with E-state index in [1.807, 2.05) is 37.3 Å². The first kappa shape index (κ1) is 17.0. The summed E-state index contributed by atoms with van der Waals surface area (Å²) in [5, 5.41) is 0.816. The van der Waals surface area contributed by atoms with Gasteiger partial charge < -0.3 is 9.47 Å². The van der Waals surface area contributed by atoms with E-state index in [0.29, 0.717) is 5.39 Å². The minimum atomic E-state index is -0.969. The Hall–Kier alpha value is -2.88. The van der Waals surface area contributed by atoms with Gasteiger partial charge in [0.15, 0.2) is 11.6 Å². The van der Waals surface area contributed by atoms with E-state index in [9.17, 15) is 8.78 Å². The fourth-order valence-corrected chi connectivity index (χ4v) is 2.61. The van der Waals surface area contributed by atoms with Crippen LogP contribution in [0.3, 0.4) is 0 Å². The summed E-state index contributed by atoms with van der Waals surface area (Å²) in [6.45, 7) is 2.03. The molecule has 0 aliphatic carbocycles. The maximum Gasteiger partial charge on any atom is 0.201 e. The monoisotopic (exact) mass is 340 g/mol. The van der Waals surface area contributed by atoms with E-state index in [4.69, 9.17) is 9.47 Å². The zero-order valence-corrected chi connectivity index (χ0v) is 14.1. The maximum atomic E-state index is 14.5. The maximum absolute atomic E-state index is 14.5. The van der Waals surface area contributed by atoms with Crippen LogP contribution in [0.5, 0.6) is 11.5 Å². The molecule has 0 atom stereocenters. The SMILES string of the molecule is CC=CCOc1cc2ccc(-c3ccc(OC)cc3)cc2c(F)c1F. The molecule has 3 aromatic rings. The predicted octanol–water partition coefficient (Wildman–Crippen LogP) is 5.75. The van der Waals surface area contributed by atoms with Gasteiger partial charge in [-0.1, -0.05) is 36.4 Å². The minimum absolute atomic E-state index is 0.0831. The minimum Gasteiger partial charge on any atom is -0.497 e. The molecule has 0 aliphatic rings. The molecular formula is C21H18F2O2. The number of halogens is 2. The summed E-state index contributed by atoms with van der Waals surface area (Å²) < 4.78 is 39.2. The van der Waals surface area contributed by atoms with Crippen molar-refractivity contribution in [1.82, 2.24) is 0 Å². The summed E-state index contributed by atoms with van der Waals surface area (Å²) >= 11 is 0. The average Bonchev–Trinajstić information content (AvgIpc) is 2.65. The molecule has 0 amide bonds. The van der Waals surface area contributed by atoms with Crippen LogP contribution in [0.15, 0.2) is 60.7 Å². The van der Waals surface area contributed by atoms with Crippen LogP contribution in [0.1, 0.15) is 6.92 Å². The third-order valence-corrected chi connectivity index (χ3v) is 3.98. The van der Waals surface area contributed by atoms with E-state index in [1.165, 1.54) is 6.07 Å². The topological polar surface area (TPSA) is 18.5 Å². The lowest BCUT2D eigenvalue weighted by Gasteiger charge is -2.10. The number of benzene rings is 3. The fourth-order valence-electron chi connectivity index (χ4n) is 2.61. The first-order chi connectivity index (χ1) is 12.1. The number of rotatable bonds is 5. The molecule has 3 rings (SSSR count). The molecule has 128 valence electrons. The summed E-state index contributed by atoms with van der Waals surface area (Å²) in [6, 6.07) is 14.2. The number of allylic oxidation sites excluding steroid dienone is 1. The second kappa shape index (κ2) is 7.34. The van der Waals surface area contributed by atoms with Gasteiger partial charge in [-0.05, 0) is 47.7 Å². The van der Waals surface area contributed by atoms with Gasteiger partial charge in [-0.15, -0.1) is 0 Å². The lowest BCUT2D eigenvalue weighted by Crippen LogP contribution is -1.99. The van der Waals surface area contributed by atoms with E-state index < -0.39 is 11.6 Å². The lowest BCUT2D eigenvalue weighted by atomic mass is 10.0. The third kappa shape index (κ3) is 3.48. The van der Waals surface area contributed by atoms with Crippen molar-refractivity contribution in [3.63, 3.8) is 0 Å². The van der Waals surface area contributed by atoms with Crippen LogP contribution in [0.25, 0.3) is 21.9 Å². The molecule has 25 heavy (non-hydrogen) atoms. The molecule has 0 saturated carbocycles. The molecule has 0 fully saturated rings. The first-order valence-corrected chi connectivity index (χ1v) is 7.94. The molecule has 0 aromatic heterocycles. The Morgan fingerprint density at radius 2 is 1.64 bits per heavy atom. The highest BCUT2D eigenvalue weighted by Gasteiger charge is 2.15. The Bertz CT molecular complexity index is 915. The molecule has 0 saturated heterocycles. The Balaban J connectivity index is 2.02. The summed E-state index contributed by atoms with van der Waals surface area (Å²) in [5.74, 6) is -1.21. The van der Waals surface area contributed by atoms with Crippen molar-refractivity contribution in [2.75, 3.05) is 13.7 Å². The standard InChI is InChI=1S/C21H18F2O2/c1-3-4-11-25-19-13-16-6-5-15(12-18(16)20(22)21(19)23)14-7-9-17(24-2)10-8-14/h3-10,12-13H,11H2,1-2H3. The van der Waals surface area contributed by atoms with Gasteiger partial charge in [0.25, 0.3) is 0 Å². The molecule has 0 aliphatic heterocycles. The largest absolute Gasteiger partial charge is 0.497 e. The molecule has 0 bridgehead atoms. The van der Waals surface area contributed by atoms with E-state index in [1.54, 1.807) is 31.4 Å². The van der Waals surface area contributed by atoms with Crippen molar-refractivity contribution in [2.24, 2.45) is 0 Å². The first-order valence-electron chi connectivity index (χ1n) is 7.94. The Labute approximate surface area is 145 Å². The lowest BCUT2D eigenvalue weighted by molar-refractivity contribution is 0.334. The normalized spacial score (nSPS) is 11.2. The van der Waals surface area contributed by atoms with Crippen LogP contribution in [0, 0.1) is 11.6 Å². The van der Waals surface area contributed by atoms with Gasteiger partial charge in [0.2, 0.25) is 5.82 Å². The van der Waals surface area contributed by atoms with Crippen LogP contribution >= 0.6 is 0 Å². The van der Waals surface area contributed by atoms with Crippen LogP contribution in [0.4, 0.5) is 8.78 Å². The summed E-state index contributed by atoms with van der Waals surface area (Å²) in [7, 11) is 1.60. The molecule has 2 nitrogen and oxygen atoms in total. The Kier molecular flexibility index (Phi) is 4.98.